The van der Waals surface area contributed by atoms with Crippen molar-refractivity contribution in [3.63, 3.8) is 0 Å². The van der Waals surface area contributed by atoms with Crippen LogP contribution in [0.25, 0.3) is 0 Å². The van der Waals surface area contributed by atoms with E-state index in [9.17, 15) is 29.1 Å². The molecule has 28 heavy (non-hydrogen) atoms. The van der Waals surface area contributed by atoms with E-state index in [2.05, 4.69) is 10.6 Å². The Bertz CT molecular complexity index is 696. The summed E-state index contributed by atoms with van der Waals surface area (Å²) in [6.45, 7) is 2.32. The lowest BCUT2D eigenvalue weighted by molar-refractivity contribution is -0.152. The van der Waals surface area contributed by atoms with Crippen LogP contribution in [0.5, 0.6) is 0 Å². The Morgan fingerprint density at radius 1 is 1.07 bits per heavy atom. The zero-order valence-electron chi connectivity index (χ0n) is 15.8. The second kappa shape index (κ2) is 8.15. The zero-order valence-corrected chi connectivity index (χ0v) is 15.8. The topological polar surface area (TPSA) is 136 Å². The van der Waals surface area contributed by atoms with E-state index < -0.39 is 36.0 Å². The Morgan fingerprint density at radius 2 is 1.71 bits per heavy atom. The van der Waals surface area contributed by atoms with Gasteiger partial charge in [-0.25, -0.2) is 4.79 Å². The highest BCUT2D eigenvalue weighted by atomic mass is 16.4. The van der Waals surface area contributed by atoms with E-state index in [0.29, 0.717) is 45.2 Å². The number of carbonyl (C=O) groups excluding carboxylic acids is 4. The Kier molecular flexibility index (Phi) is 5.85. The van der Waals surface area contributed by atoms with Crippen molar-refractivity contribution in [3.05, 3.63) is 0 Å². The van der Waals surface area contributed by atoms with E-state index >= 15 is 0 Å². The number of nitrogens with one attached hydrogen (secondary N) is 2. The first-order valence-electron chi connectivity index (χ1n) is 9.73. The monoisotopic (exact) mass is 394 g/mol. The smallest absolute Gasteiger partial charge is 0.326 e. The summed E-state index contributed by atoms with van der Waals surface area (Å²) in [5.41, 5.74) is 0. The van der Waals surface area contributed by atoms with Crippen molar-refractivity contribution < 1.29 is 29.1 Å². The molecule has 0 aromatic carbocycles. The summed E-state index contributed by atoms with van der Waals surface area (Å²) in [7, 11) is 0. The average molecular weight is 394 g/mol. The van der Waals surface area contributed by atoms with Crippen molar-refractivity contribution in [2.75, 3.05) is 13.1 Å². The van der Waals surface area contributed by atoms with Crippen molar-refractivity contribution >= 4 is 29.6 Å². The van der Waals surface area contributed by atoms with Crippen LogP contribution in [0.2, 0.25) is 0 Å². The maximum absolute atomic E-state index is 12.9. The summed E-state index contributed by atoms with van der Waals surface area (Å²) in [5, 5.41) is 14.5. The van der Waals surface area contributed by atoms with Gasteiger partial charge < -0.3 is 25.5 Å². The standard InChI is InChI=1S/C18H26N4O6/c1-10(19-15(24)11-6-7-14(23)20-11)16(25)21-8-2-4-12(21)17(26)22-9-3-5-13(22)18(27)28/h10-13H,2-9H2,1H3,(H,19,24)(H,20,23)(H,27,28)/t10-,11-,12-,13-/m0/s1. The van der Waals surface area contributed by atoms with E-state index in [-0.39, 0.29) is 24.1 Å². The molecule has 3 N–H and O–H groups in total. The summed E-state index contributed by atoms with van der Waals surface area (Å²) >= 11 is 0. The van der Waals surface area contributed by atoms with Crippen LogP contribution in [0, 0.1) is 0 Å². The highest BCUT2D eigenvalue weighted by Crippen LogP contribution is 2.25. The van der Waals surface area contributed by atoms with Gasteiger partial charge in [0.15, 0.2) is 0 Å². The van der Waals surface area contributed by atoms with Crippen LogP contribution in [0.3, 0.4) is 0 Å². The van der Waals surface area contributed by atoms with Crippen LogP contribution in [-0.4, -0.2) is 81.8 Å². The van der Waals surface area contributed by atoms with Gasteiger partial charge in [-0.2, -0.15) is 0 Å². The zero-order chi connectivity index (χ0) is 20.4. The van der Waals surface area contributed by atoms with Gasteiger partial charge in [0.25, 0.3) is 0 Å². The molecule has 3 fully saturated rings. The molecule has 3 saturated heterocycles. The van der Waals surface area contributed by atoms with Crippen LogP contribution in [-0.2, 0) is 24.0 Å². The maximum Gasteiger partial charge on any atom is 0.326 e. The van der Waals surface area contributed by atoms with E-state index in [1.807, 2.05) is 0 Å². The van der Waals surface area contributed by atoms with Crippen molar-refractivity contribution in [2.45, 2.75) is 69.6 Å². The summed E-state index contributed by atoms with van der Waals surface area (Å²) in [5.74, 6) is -2.35. The first-order valence-corrected chi connectivity index (χ1v) is 9.73. The molecule has 10 nitrogen and oxygen atoms in total. The molecule has 0 bridgehead atoms. The first-order chi connectivity index (χ1) is 13.3. The van der Waals surface area contributed by atoms with Gasteiger partial charge in [0.2, 0.25) is 23.6 Å². The van der Waals surface area contributed by atoms with Crippen LogP contribution < -0.4 is 10.6 Å². The maximum atomic E-state index is 12.9. The predicted molar refractivity (Wildman–Crippen MR) is 95.9 cm³/mol. The van der Waals surface area contributed by atoms with E-state index in [0.717, 1.165) is 0 Å². The molecule has 4 amide bonds. The molecule has 0 unspecified atom stereocenters. The molecular weight excluding hydrogens is 368 g/mol. The fourth-order valence-electron chi connectivity index (χ4n) is 4.20. The lowest BCUT2D eigenvalue weighted by atomic mass is 10.1. The van der Waals surface area contributed by atoms with Crippen LogP contribution in [0.15, 0.2) is 0 Å². The minimum absolute atomic E-state index is 0.192. The van der Waals surface area contributed by atoms with Gasteiger partial charge in [-0.3, -0.25) is 19.2 Å². The highest BCUT2D eigenvalue weighted by molar-refractivity contribution is 5.96. The van der Waals surface area contributed by atoms with Crippen LogP contribution in [0.4, 0.5) is 0 Å². The van der Waals surface area contributed by atoms with Gasteiger partial charge in [-0.05, 0) is 39.0 Å². The van der Waals surface area contributed by atoms with Gasteiger partial charge in [0.05, 0.1) is 0 Å². The molecule has 4 atom stereocenters. The second-order valence-corrected chi connectivity index (χ2v) is 7.61. The van der Waals surface area contributed by atoms with E-state index in [1.165, 1.54) is 9.80 Å². The normalized spacial score (nSPS) is 28.2. The lowest BCUT2D eigenvalue weighted by Gasteiger charge is -2.31. The summed E-state index contributed by atoms with van der Waals surface area (Å²) in [6.07, 6.45) is 2.84. The fourth-order valence-corrected chi connectivity index (χ4v) is 4.20. The molecule has 3 rings (SSSR count). The Morgan fingerprint density at radius 3 is 2.32 bits per heavy atom. The number of amides is 4. The van der Waals surface area contributed by atoms with Crippen molar-refractivity contribution in [1.29, 1.82) is 0 Å². The molecule has 154 valence electrons. The molecule has 0 saturated carbocycles. The number of nitrogens with zero attached hydrogens (tertiary/aromatic N) is 2. The molecule has 0 aliphatic carbocycles. The predicted octanol–water partition coefficient (Wildman–Crippen LogP) is -1.16. The lowest BCUT2D eigenvalue weighted by Crippen LogP contribution is -2.56. The SMILES string of the molecule is C[C@H](NC(=O)[C@@H]1CCC(=O)N1)C(=O)N1CCC[C@H]1C(=O)N1CCC[C@H]1C(=O)O. The summed E-state index contributed by atoms with van der Waals surface area (Å²) < 4.78 is 0. The molecule has 3 heterocycles. The molecule has 0 aromatic heterocycles. The molecule has 3 aliphatic rings. The Balaban J connectivity index is 1.62. The number of hydrogen-bond donors (Lipinski definition) is 3. The number of hydrogen-bond acceptors (Lipinski definition) is 5. The van der Waals surface area contributed by atoms with E-state index in [1.54, 1.807) is 6.92 Å². The van der Waals surface area contributed by atoms with Crippen molar-refractivity contribution in [1.82, 2.24) is 20.4 Å². The van der Waals surface area contributed by atoms with E-state index in [4.69, 9.17) is 0 Å². The molecule has 0 aromatic rings. The second-order valence-electron chi connectivity index (χ2n) is 7.61. The number of rotatable bonds is 5. The number of aliphatic carboxylic acids is 1. The third kappa shape index (κ3) is 3.95. The quantitative estimate of drug-likeness (QED) is 0.538. The largest absolute Gasteiger partial charge is 0.480 e. The van der Waals surface area contributed by atoms with Gasteiger partial charge in [0.1, 0.15) is 24.2 Å². The van der Waals surface area contributed by atoms with Crippen LogP contribution >= 0.6 is 0 Å². The van der Waals surface area contributed by atoms with Gasteiger partial charge in [-0.15, -0.1) is 0 Å². The first kappa shape index (κ1) is 20.1. The number of carboxylic acid groups (broad SMARTS) is 1. The van der Waals surface area contributed by atoms with Gasteiger partial charge >= 0.3 is 5.97 Å². The third-order valence-corrected chi connectivity index (χ3v) is 5.68. The minimum Gasteiger partial charge on any atom is -0.480 e. The summed E-state index contributed by atoms with van der Waals surface area (Å²) in [4.78, 5) is 63.4. The van der Waals surface area contributed by atoms with Gasteiger partial charge in [0, 0.05) is 19.5 Å². The van der Waals surface area contributed by atoms with Crippen molar-refractivity contribution in [2.24, 2.45) is 0 Å². The minimum atomic E-state index is -1.03. The third-order valence-electron chi connectivity index (χ3n) is 5.68. The summed E-state index contributed by atoms with van der Waals surface area (Å²) in [6, 6.07) is -3.02. The van der Waals surface area contributed by atoms with Crippen LogP contribution in [0.1, 0.15) is 45.4 Å². The molecule has 0 radical (unpaired) electrons. The van der Waals surface area contributed by atoms with Gasteiger partial charge in [-0.1, -0.05) is 0 Å². The number of likely N-dealkylation sites (tertiary alicyclic amines) is 2. The Hall–Kier alpha value is -2.65. The average Bonchev–Trinajstić information content (AvgIpc) is 3.39. The molecular formula is C18H26N4O6. The Labute approximate surface area is 162 Å². The number of carboxylic acids is 1. The fraction of sp³-hybridized carbons (Fsp3) is 0.722. The highest BCUT2D eigenvalue weighted by Gasteiger charge is 2.43. The molecule has 0 spiro atoms. The molecule has 10 heteroatoms. The number of carbonyl (C=O) groups is 5. The van der Waals surface area contributed by atoms with Crippen molar-refractivity contribution in [3.8, 4) is 0 Å². The molecule has 3 aliphatic heterocycles.